The highest BCUT2D eigenvalue weighted by Gasteiger charge is 2.38. The molecular weight excluding hydrogens is 460 g/mol. The van der Waals surface area contributed by atoms with Gasteiger partial charge in [-0.3, -0.25) is 4.98 Å². The van der Waals surface area contributed by atoms with Gasteiger partial charge in [-0.15, -0.1) is 0 Å². The second kappa shape index (κ2) is 8.62. The molecule has 4 aromatic rings. The van der Waals surface area contributed by atoms with Crippen LogP contribution in [0, 0.1) is 5.41 Å². The normalized spacial score (nSPS) is 17.7. The van der Waals surface area contributed by atoms with Gasteiger partial charge in [-0.1, -0.05) is 44.2 Å². The van der Waals surface area contributed by atoms with Gasteiger partial charge in [-0.25, -0.2) is 0 Å². The molecule has 1 atom stereocenters. The van der Waals surface area contributed by atoms with Crippen molar-refractivity contribution in [1.29, 1.82) is 0 Å². The van der Waals surface area contributed by atoms with Crippen molar-refractivity contribution in [3.8, 4) is 5.75 Å². The summed E-state index contributed by atoms with van der Waals surface area (Å²) in [7, 11) is 1.14. The molecule has 0 bridgehead atoms. The number of pyridine rings is 1. The van der Waals surface area contributed by atoms with Crippen LogP contribution in [-0.4, -0.2) is 43.9 Å². The fourth-order valence-corrected chi connectivity index (χ4v) is 5.97. The molecule has 1 aliphatic carbocycles. The lowest BCUT2D eigenvalue weighted by molar-refractivity contribution is 0.269. The third-order valence-electron chi connectivity index (χ3n) is 6.90. The predicted octanol–water partition coefficient (Wildman–Crippen LogP) is 4.73. The molecule has 2 N–H and O–H groups in total. The average Bonchev–Trinajstić information content (AvgIpc) is 3.18. The highest BCUT2D eigenvalue weighted by atomic mass is 32.2. The van der Waals surface area contributed by atoms with Crippen LogP contribution in [0.25, 0.3) is 21.8 Å². The Kier molecular flexibility index (Phi) is 5.86. The summed E-state index contributed by atoms with van der Waals surface area (Å²) in [5, 5.41) is 2.15. The van der Waals surface area contributed by atoms with Crippen LogP contribution in [0.5, 0.6) is 5.75 Å². The van der Waals surface area contributed by atoms with Gasteiger partial charge in [0, 0.05) is 48.1 Å². The van der Waals surface area contributed by atoms with Crippen LogP contribution in [-0.2, 0) is 23.1 Å². The topological polar surface area (TPSA) is 87.3 Å². The van der Waals surface area contributed by atoms with Crippen LogP contribution in [0.1, 0.15) is 48.8 Å². The summed E-state index contributed by atoms with van der Waals surface area (Å²) in [5.74, 6) is 0.820. The number of aromatic nitrogens is 2. The fourth-order valence-electron chi connectivity index (χ4n) is 5.20. The number of nitrogens with one attached hydrogen (secondary N) is 2. The van der Waals surface area contributed by atoms with Crippen molar-refractivity contribution in [2.45, 2.75) is 39.2 Å². The smallest absolute Gasteiger partial charge is 0.279 e. The Morgan fingerprint density at radius 1 is 1.14 bits per heavy atom. The highest BCUT2D eigenvalue weighted by Crippen LogP contribution is 2.45. The third kappa shape index (κ3) is 4.42. The summed E-state index contributed by atoms with van der Waals surface area (Å²) < 4.78 is 35.3. The molecule has 2 aromatic carbocycles. The Balaban J connectivity index is 1.74. The maximum absolute atomic E-state index is 12.9. The minimum Gasteiger partial charge on any atom is -0.497 e. The van der Waals surface area contributed by atoms with Gasteiger partial charge < -0.3 is 9.72 Å². The van der Waals surface area contributed by atoms with E-state index >= 15 is 0 Å². The summed E-state index contributed by atoms with van der Waals surface area (Å²) >= 11 is 0. The fraction of sp³-hybridized carbons (Fsp3) is 0.370. The number of methoxy groups -OCH3 is 1. The second-order valence-corrected chi connectivity index (χ2v) is 12.3. The SMILES string of the molecule is COc1ccc(Cc2nc3c(c4c2[nH]c2ccccc24)C(NS(=O)(=O)N(C)C)CC(C)(C)C3)cc1. The minimum atomic E-state index is -3.63. The number of nitrogens with zero attached hydrogens (tertiary/aromatic N) is 2. The van der Waals surface area contributed by atoms with Gasteiger partial charge in [-0.05, 0) is 42.0 Å². The van der Waals surface area contributed by atoms with Crippen LogP contribution in [0.15, 0.2) is 48.5 Å². The summed E-state index contributed by atoms with van der Waals surface area (Å²) in [6.45, 7) is 4.36. The van der Waals surface area contributed by atoms with Crippen molar-refractivity contribution >= 4 is 32.0 Å². The van der Waals surface area contributed by atoms with Gasteiger partial charge in [0.1, 0.15) is 5.75 Å². The van der Waals surface area contributed by atoms with Gasteiger partial charge in [-0.2, -0.15) is 17.4 Å². The largest absolute Gasteiger partial charge is 0.497 e. The third-order valence-corrected chi connectivity index (χ3v) is 8.44. The monoisotopic (exact) mass is 492 g/mol. The molecule has 0 saturated carbocycles. The maximum atomic E-state index is 12.9. The number of para-hydroxylation sites is 1. The Morgan fingerprint density at radius 3 is 2.54 bits per heavy atom. The summed E-state index contributed by atoms with van der Waals surface area (Å²) in [6, 6.07) is 15.9. The van der Waals surface area contributed by atoms with E-state index in [-0.39, 0.29) is 11.5 Å². The number of hydrogen-bond acceptors (Lipinski definition) is 4. The zero-order chi connectivity index (χ0) is 25.0. The molecule has 1 unspecified atom stereocenters. The van der Waals surface area contributed by atoms with Gasteiger partial charge in [0.25, 0.3) is 10.2 Å². The molecule has 0 amide bonds. The highest BCUT2D eigenvalue weighted by molar-refractivity contribution is 7.87. The van der Waals surface area contributed by atoms with Crippen molar-refractivity contribution in [2.75, 3.05) is 21.2 Å². The lowest BCUT2D eigenvalue weighted by Crippen LogP contribution is -2.42. The molecule has 35 heavy (non-hydrogen) atoms. The lowest BCUT2D eigenvalue weighted by atomic mass is 9.73. The standard InChI is InChI=1S/C27H32N4O3S/c1-27(2)15-22-25(23(16-27)30-35(32,33)31(3)4)24-19-8-6-7-9-20(19)29-26(24)21(28-22)14-17-10-12-18(34-5)13-11-17/h6-13,23,29-30H,14-16H2,1-5H3. The molecule has 0 fully saturated rings. The van der Waals surface area contributed by atoms with E-state index in [1.165, 1.54) is 4.31 Å². The molecule has 0 aliphatic heterocycles. The van der Waals surface area contributed by atoms with E-state index in [1.807, 2.05) is 24.3 Å². The van der Waals surface area contributed by atoms with Gasteiger partial charge in [0.15, 0.2) is 0 Å². The molecule has 0 radical (unpaired) electrons. The van der Waals surface area contributed by atoms with Crippen LogP contribution in [0.4, 0.5) is 0 Å². The van der Waals surface area contributed by atoms with Crippen molar-refractivity contribution in [3.63, 3.8) is 0 Å². The molecule has 0 spiro atoms. The van der Waals surface area contributed by atoms with Crippen LogP contribution in [0.3, 0.4) is 0 Å². The summed E-state index contributed by atoms with van der Waals surface area (Å²) in [5.41, 5.74) is 5.94. The number of H-pyrrole nitrogens is 1. The Labute approximate surface area is 206 Å². The summed E-state index contributed by atoms with van der Waals surface area (Å²) in [4.78, 5) is 8.78. The number of ether oxygens (including phenoxy) is 1. The van der Waals surface area contributed by atoms with Gasteiger partial charge in [0.2, 0.25) is 0 Å². The van der Waals surface area contributed by atoms with E-state index in [0.717, 1.165) is 56.5 Å². The zero-order valence-electron chi connectivity index (χ0n) is 20.8. The average molecular weight is 493 g/mol. The number of benzene rings is 2. The first-order chi connectivity index (χ1) is 16.6. The van der Waals surface area contributed by atoms with Crippen molar-refractivity contribution in [1.82, 2.24) is 19.0 Å². The molecular formula is C27H32N4O3S. The van der Waals surface area contributed by atoms with E-state index in [9.17, 15) is 8.42 Å². The maximum Gasteiger partial charge on any atom is 0.279 e. The predicted molar refractivity (Wildman–Crippen MR) is 140 cm³/mol. The minimum absolute atomic E-state index is 0.101. The number of fused-ring (bicyclic) bond motifs is 5. The molecule has 184 valence electrons. The zero-order valence-corrected chi connectivity index (χ0v) is 21.7. The first-order valence-electron chi connectivity index (χ1n) is 11.8. The molecule has 2 heterocycles. The Bertz CT molecular complexity index is 1510. The van der Waals surface area contributed by atoms with Crippen molar-refractivity contribution in [2.24, 2.45) is 5.41 Å². The van der Waals surface area contributed by atoms with E-state index in [2.05, 4.69) is 47.8 Å². The van der Waals surface area contributed by atoms with Gasteiger partial charge in [0.05, 0.1) is 24.4 Å². The molecule has 2 aromatic heterocycles. The first-order valence-corrected chi connectivity index (χ1v) is 13.3. The second-order valence-electron chi connectivity index (χ2n) is 10.4. The van der Waals surface area contributed by atoms with E-state index in [0.29, 0.717) is 12.8 Å². The molecule has 8 heteroatoms. The number of rotatable bonds is 6. The van der Waals surface area contributed by atoms with Crippen molar-refractivity contribution < 1.29 is 13.2 Å². The Morgan fingerprint density at radius 2 is 1.86 bits per heavy atom. The van der Waals surface area contributed by atoms with Crippen LogP contribution in [0.2, 0.25) is 0 Å². The van der Waals surface area contributed by atoms with E-state index in [1.54, 1.807) is 21.2 Å². The summed E-state index contributed by atoms with van der Waals surface area (Å²) in [6.07, 6.45) is 2.14. The number of hydrogen-bond donors (Lipinski definition) is 2. The first kappa shape index (κ1) is 23.8. The molecule has 1 aliphatic rings. The van der Waals surface area contributed by atoms with Gasteiger partial charge >= 0.3 is 0 Å². The molecule has 7 nitrogen and oxygen atoms in total. The van der Waals surface area contributed by atoms with Crippen molar-refractivity contribution in [3.05, 3.63) is 71.0 Å². The van der Waals surface area contributed by atoms with E-state index in [4.69, 9.17) is 9.72 Å². The van der Waals surface area contributed by atoms with E-state index < -0.39 is 10.2 Å². The molecule has 0 saturated heterocycles. The molecule has 5 rings (SSSR count). The van der Waals surface area contributed by atoms with Crippen LogP contribution >= 0.6 is 0 Å². The quantitative estimate of drug-likeness (QED) is 0.408. The lowest BCUT2D eigenvalue weighted by Gasteiger charge is -2.37. The number of aromatic amines is 1. The Hall–Kier alpha value is -2.94. The van der Waals surface area contributed by atoms with Crippen LogP contribution < -0.4 is 9.46 Å².